The van der Waals surface area contributed by atoms with Crippen LogP contribution >= 0.6 is 0 Å². The molecule has 0 saturated carbocycles. The number of hydrogen-bond acceptors (Lipinski definition) is 6. The molecule has 1 aliphatic rings. The largest absolute Gasteiger partial charge is 0.335 e. The van der Waals surface area contributed by atoms with Crippen LogP contribution in [0.2, 0.25) is 0 Å². The van der Waals surface area contributed by atoms with E-state index in [1.54, 1.807) is 16.3 Å². The van der Waals surface area contributed by atoms with Crippen LogP contribution in [0.3, 0.4) is 0 Å². The lowest BCUT2D eigenvalue weighted by Gasteiger charge is -2.17. The number of amides is 1. The SMILES string of the molecule is Cc1cc(C)n2nc(C(=O)N3CCc4nc(C)[nH]c(=O)c4CC3)nc2n1. The summed E-state index contributed by atoms with van der Waals surface area (Å²) < 4.78 is 1.57. The van der Waals surface area contributed by atoms with Crippen LogP contribution in [0, 0.1) is 20.8 Å². The van der Waals surface area contributed by atoms with Gasteiger partial charge in [-0.05, 0) is 33.3 Å². The van der Waals surface area contributed by atoms with Crippen LogP contribution in [-0.2, 0) is 12.8 Å². The molecule has 9 heteroatoms. The van der Waals surface area contributed by atoms with E-state index >= 15 is 0 Å². The maximum absolute atomic E-state index is 12.9. The molecule has 0 unspecified atom stereocenters. The van der Waals surface area contributed by atoms with Crippen LogP contribution in [0.4, 0.5) is 0 Å². The Labute approximate surface area is 149 Å². The number of hydrogen-bond donors (Lipinski definition) is 1. The number of fused-ring (bicyclic) bond motifs is 2. The summed E-state index contributed by atoms with van der Waals surface area (Å²) >= 11 is 0. The smallest absolute Gasteiger partial charge is 0.293 e. The van der Waals surface area contributed by atoms with Gasteiger partial charge < -0.3 is 9.88 Å². The third-order valence-electron chi connectivity index (χ3n) is 4.57. The molecular weight excluding hydrogens is 334 g/mol. The van der Waals surface area contributed by atoms with E-state index in [0.717, 1.165) is 17.1 Å². The van der Waals surface area contributed by atoms with E-state index < -0.39 is 0 Å². The second kappa shape index (κ2) is 6.01. The summed E-state index contributed by atoms with van der Waals surface area (Å²) in [6, 6.07) is 1.89. The molecule has 3 aromatic heterocycles. The Morgan fingerprint density at radius 3 is 2.69 bits per heavy atom. The number of rotatable bonds is 1. The first kappa shape index (κ1) is 16.4. The van der Waals surface area contributed by atoms with Crippen molar-refractivity contribution in [3.05, 3.63) is 50.7 Å². The molecule has 1 N–H and O–H groups in total. The van der Waals surface area contributed by atoms with Gasteiger partial charge in [0.25, 0.3) is 17.2 Å². The molecule has 1 aliphatic heterocycles. The van der Waals surface area contributed by atoms with Crippen molar-refractivity contribution in [1.82, 2.24) is 34.4 Å². The molecule has 0 spiro atoms. The highest BCUT2D eigenvalue weighted by Crippen LogP contribution is 2.13. The van der Waals surface area contributed by atoms with Crippen molar-refractivity contribution in [3.63, 3.8) is 0 Å². The maximum atomic E-state index is 12.9. The highest BCUT2D eigenvalue weighted by Gasteiger charge is 2.25. The van der Waals surface area contributed by atoms with E-state index in [1.165, 1.54) is 0 Å². The van der Waals surface area contributed by atoms with Crippen LogP contribution in [0.25, 0.3) is 5.78 Å². The molecule has 26 heavy (non-hydrogen) atoms. The average molecular weight is 353 g/mol. The first-order chi connectivity index (χ1) is 12.4. The van der Waals surface area contributed by atoms with Gasteiger partial charge in [-0.1, -0.05) is 0 Å². The summed E-state index contributed by atoms with van der Waals surface area (Å²) in [4.78, 5) is 42.4. The average Bonchev–Trinajstić information content (AvgIpc) is 2.88. The molecule has 4 heterocycles. The maximum Gasteiger partial charge on any atom is 0.293 e. The second-order valence-electron chi connectivity index (χ2n) is 6.55. The highest BCUT2D eigenvalue weighted by atomic mass is 16.2. The third kappa shape index (κ3) is 2.75. The molecule has 0 atom stereocenters. The van der Waals surface area contributed by atoms with Gasteiger partial charge in [-0.25, -0.2) is 14.5 Å². The number of nitrogens with zero attached hydrogens (tertiary/aromatic N) is 6. The summed E-state index contributed by atoms with van der Waals surface area (Å²) in [5, 5.41) is 4.31. The standard InChI is InChI=1S/C17H19N7O2/c1-9-8-10(2)24-17(18-9)21-14(22-24)16(26)23-6-4-12-13(5-7-23)19-11(3)20-15(12)25/h8H,4-7H2,1-3H3,(H,19,20,25). The van der Waals surface area contributed by atoms with Gasteiger partial charge in [-0.15, -0.1) is 5.10 Å². The fourth-order valence-corrected chi connectivity index (χ4v) is 3.33. The van der Waals surface area contributed by atoms with Crippen LogP contribution < -0.4 is 5.56 Å². The van der Waals surface area contributed by atoms with Crippen molar-refractivity contribution >= 4 is 11.7 Å². The summed E-state index contributed by atoms with van der Waals surface area (Å²) in [6.07, 6.45) is 1.00. The van der Waals surface area contributed by atoms with Gasteiger partial charge >= 0.3 is 0 Å². The minimum absolute atomic E-state index is 0.121. The summed E-state index contributed by atoms with van der Waals surface area (Å²) in [5.74, 6) is 0.869. The van der Waals surface area contributed by atoms with Crippen molar-refractivity contribution in [3.8, 4) is 0 Å². The number of carbonyl (C=O) groups is 1. The van der Waals surface area contributed by atoms with Crippen molar-refractivity contribution < 1.29 is 4.79 Å². The molecule has 1 amide bonds. The quantitative estimate of drug-likeness (QED) is 0.677. The topological polar surface area (TPSA) is 109 Å². The molecule has 4 rings (SSSR count). The number of aryl methyl sites for hydroxylation is 3. The Balaban J connectivity index is 1.63. The minimum atomic E-state index is -0.256. The van der Waals surface area contributed by atoms with E-state index in [1.807, 2.05) is 19.9 Å². The molecule has 0 aliphatic carbocycles. The molecule has 0 saturated heterocycles. The van der Waals surface area contributed by atoms with Crippen molar-refractivity contribution in [2.75, 3.05) is 13.1 Å². The molecule has 9 nitrogen and oxygen atoms in total. The Morgan fingerprint density at radius 2 is 1.88 bits per heavy atom. The van der Waals surface area contributed by atoms with E-state index in [0.29, 0.717) is 43.1 Å². The monoisotopic (exact) mass is 353 g/mol. The first-order valence-corrected chi connectivity index (χ1v) is 8.51. The number of aromatic nitrogens is 6. The van der Waals surface area contributed by atoms with Gasteiger partial charge in [-0.2, -0.15) is 4.98 Å². The Bertz CT molecular complexity index is 1080. The number of carbonyl (C=O) groups excluding carboxylic acids is 1. The Morgan fingerprint density at radius 1 is 1.12 bits per heavy atom. The number of aromatic amines is 1. The Kier molecular flexibility index (Phi) is 3.78. The van der Waals surface area contributed by atoms with E-state index in [9.17, 15) is 9.59 Å². The van der Waals surface area contributed by atoms with Gasteiger partial charge in [0.15, 0.2) is 0 Å². The van der Waals surface area contributed by atoms with Crippen LogP contribution in [0.15, 0.2) is 10.9 Å². The van der Waals surface area contributed by atoms with Gasteiger partial charge in [0.2, 0.25) is 5.82 Å². The van der Waals surface area contributed by atoms with E-state index in [4.69, 9.17) is 0 Å². The fraction of sp³-hybridized carbons (Fsp3) is 0.412. The molecule has 0 fully saturated rings. The van der Waals surface area contributed by atoms with Crippen LogP contribution in [0.1, 0.15) is 39.1 Å². The van der Waals surface area contributed by atoms with Crippen molar-refractivity contribution in [1.29, 1.82) is 0 Å². The summed E-state index contributed by atoms with van der Waals surface area (Å²) in [6.45, 7) is 6.44. The predicted molar refractivity (Wildman–Crippen MR) is 93.2 cm³/mol. The van der Waals surface area contributed by atoms with Gasteiger partial charge in [0, 0.05) is 36.5 Å². The van der Waals surface area contributed by atoms with Crippen molar-refractivity contribution in [2.24, 2.45) is 0 Å². The van der Waals surface area contributed by atoms with Gasteiger partial charge in [0.1, 0.15) is 5.82 Å². The number of H-pyrrole nitrogens is 1. The summed E-state index contributed by atoms with van der Waals surface area (Å²) in [5.41, 5.74) is 2.99. The zero-order valence-electron chi connectivity index (χ0n) is 14.9. The molecular formula is C17H19N7O2. The Hall–Kier alpha value is -3.10. The first-order valence-electron chi connectivity index (χ1n) is 8.51. The molecule has 0 bridgehead atoms. The molecule has 0 aromatic carbocycles. The number of nitrogens with one attached hydrogen (secondary N) is 1. The predicted octanol–water partition coefficient (Wildman–Crippen LogP) is 0.374. The lowest BCUT2D eigenvalue weighted by atomic mass is 10.1. The zero-order chi connectivity index (χ0) is 18.4. The lowest BCUT2D eigenvalue weighted by Crippen LogP contribution is -2.34. The van der Waals surface area contributed by atoms with Crippen molar-refractivity contribution in [2.45, 2.75) is 33.6 Å². The minimum Gasteiger partial charge on any atom is -0.335 e. The highest BCUT2D eigenvalue weighted by molar-refractivity contribution is 5.91. The fourth-order valence-electron chi connectivity index (χ4n) is 3.33. The molecule has 0 radical (unpaired) electrons. The van der Waals surface area contributed by atoms with Gasteiger partial charge in [0.05, 0.1) is 5.69 Å². The van der Waals surface area contributed by atoms with Crippen LogP contribution in [0.5, 0.6) is 0 Å². The zero-order valence-corrected chi connectivity index (χ0v) is 14.9. The van der Waals surface area contributed by atoms with Crippen LogP contribution in [-0.4, -0.2) is 53.4 Å². The second-order valence-corrected chi connectivity index (χ2v) is 6.55. The molecule has 134 valence electrons. The van der Waals surface area contributed by atoms with E-state index in [-0.39, 0.29) is 17.3 Å². The lowest BCUT2D eigenvalue weighted by molar-refractivity contribution is 0.0751. The van der Waals surface area contributed by atoms with E-state index in [2.05, 4.69) is 25.0 Å². The van der Waals surface area contributed by atoms with Gasteiger partial charge in [-0.3, -0.25) is 9.59 Å². The normalized spacial score (nSPS) is 14.3. The molecule has 3 aromatic rings. The summed E-state index contributed by atoms with van der Waals surface area (Å²) in [7, 11) is 0. The third-order valence-corrected chi connectivity index (χ3v) is 4.57.